The SMILES string of the molecule is CCNCc1cccc(C(O)C(O)CSC(C)=O)c1. The molecule has 0 fully saturated rings. The topological polar surface area (TPSA) is 69.6 Å². The van der Waals surface area contributed by atoms with Crippen LogP contribution in [0.3, 0.4) is 0 Å². The van der Waals surface area contributed by atoms with Crippen LogP contribution in [0.4, 0.5) is 0 Å². The molecule has 1 aromatic rings. The number of aliphatic hydroxyl groups is 2. The quantitative estimate of drug-likeness (QED) is 0.707. The number of carbonyl (C=O) groups excluding carboxylic acids is 1. The summed E-state index contributed by atoms with van der Waals surface area (Å²) in [6.45, 7) is 5.09. The Balaban J connectivity index is 2.64. The van der Waals surface area contributed by atoms with Gasteiger partial charge in [0.1, 0.15) is 6.10 Å². The van der Waals surface area contributed by atoms with E-state index in [9.17, 15) is 15.0 Å². The van der Waals surface area contributed by atoms with E-state index >= 15 is 0 Å². The minimum absolute atomic E-state index is 0.0628. The van der Waals surface area contributed by atoms with Crippen molar-refractivity contribution >= 4 is 16.9 Å². The van der Waals surface area contributed by atoms with Crippen LogP contribution in [0.2, 0.25) is 0 Å². The number of hydrogen-bond donors (Lipinski definition) is 3. The molecule has 5 heteroatoms. The van der Waals surface area contributed by atoms with Crippen LogP contribution >= 0.6 is 11.8 Å². The molecular formula is C14H21NO3S. The first-order chi connectivity index (χ1) is 9.04. The number of aliphatic hydroxyl groups excluding tert-OH is 2. The fourth-order valence-corrected chi connectivity index (χ4v) is 2.26. The molecule has 0 saturated carbocycles. The average Bonchev–Trinajstić information content (AvgIpc) is 2.41. The smallest absolute Gasteiger partial charge is 0.185 e. The molecule has 0 amide bonds. The number of hydrogen-bond acceptors (Lipinski definition) is 5. The Labute approximate surface area is 118 Å². The number of rotatable bonds is 7. The second kappa shape index (κ2) is 8.32. The summed E-state index contributed by atoms with van der Waals surface area (Å²) in [5.74, 6) is 0.202. The molecule has 1 rings (SSSR count). The van der Waals surface area contributed by atoms with Crippen LogP contribution in [0.15, 0.2) is 24.3 Å². The predicted octanol–water partition coefficient (Wildman–Crippen LogP) is 1.47. The molecule has 0 aliphatic heterocycles. The van der Waals surface area contributed by atoms with E-state index in [1.807, 2.05) is 25.1 Å². The van der Waals surface area contributed by atoms with Crippen molar-refractivity contribution < 1.29 is 15.0 Å². The van der Waals surface area contributed by atoms with Crippen molar-refractivity contribution in [3.8, 4) is 0 Å². The molecular weight excluding hydrogens is 262 g/mol. The molecule has 19 heavy (non-hydrogen) atoms. The van der Waals surface area contributed by atoms with Gasteiger partial charge >= 0.3 is 0 Å². The Morgan fingerprint density at radius 3 is 2.79 bits per heavy atom. The Morgan fingerprint density at radius 2 is 2.16 bits per heavy atom. The third-order valence-corrected chi connectivity index (χ3v) is 3.61. The number of benzene rings is 1. The van der Waals surface area contributed by atoms with Gasteiger partial charge in [-0.3, -0.25) is 4.79 Å². The lowest BCUT2D eigenvalue weighted by Gasteiger charge is -2.18. The first kappa shape index (κ1) is 16.2. The molecule has 0 aromatic heterocycles. The van der Waals surface area contributed by atoms with E-state index in [0.717, 1.165) is 30.4 Å². The summed E-state index contributed by atoms with van der Waals surface area (Å²) >= 11 is 1.02. The minimum Gasteiger partial charge on any atom is -0.389 e. The summed E-state index contributed by atoms with van der Waals surface area (Å²) in [5, 5.41) is 23.0. The summed E-state index contributed by atoms with van der Waals surface area (Å²) in [6, 6.07) is 7.47. The van der Waals surface area contributed by atoms with Gasteiger partial charge in [-0.15, -0.1) is 0 Å². The third-order valence-electron chi connectivity index (χ3n) is 2.69. The Kier molecular flexibility index (Phi) is 7.09. The summed E-state index contributed by atoms with van der Waals surface area (Å²) < 4.78 is 0. The third kappa shape index (κ3) is 5.74. The molecule has 2 atom stereocenters. The second-order valence-corrected chi connectivity index (χ2v) is 5.54. The first-order valence-corrected chi connectivity index (χ1v) is 7.32. The van der Waals surface area contributed by atoms with Gasteiger partial charge in [-0.05, 0) is 17.7 Å². The second-order valence-electron chi connectivity index (χ2n) is 4.34. The molecule has 4 nitrogen and oxygen atoms in total. The molecule has 0 saturated heterocycles. The molecule has 0 radical (unpaired) electrons. The van der Waals surface area contributed by atoms with Crippen molar-refractivity contribution in [2.75, 3.05) is 12.3 Å². The average molecular weight is 283 g/mol. The van der Waals surface area contributed by atoms with E-state index in [4.69, 9.17) is 0 Å². The number of thioether (sulfide) groups is 1. The van der Waals surface area contributed by atoms with Gasteiger partial charge in [-0.1, -0.05) is 43.0 Å². The highest BCUT2D eigenvalue weighted by atomic mass is 32.2. The fourth-order valence-electron chi connectivity index (χ4n) is 1.67. The molecule has 106 valence electrons. The van der Waals surface area contributed by atoms with Crippen molar-refractivity contribution in [2.45, 2.75) is 32.6 Å². The largest absolute Gasteiger partial charge is 0.389 e. The van der Waals surface area contributed by atoms with Gasteiger partial charge in [-0.25, -0.2) is 0 Å². The van der Waals surface area contributed by atoms with E-state index < -0.39 is 12.2 Å². The maximum absolute atomic E-state index is 10.8. The van der Waals surface area contributed by atoms with Crippen LogP contribution in [-0.2, 0) is 11.3 Å². The summed E-state index contributed by atoms with van der Waals surface area (Å²) in [4.78, 5) is 10.8. The Hall–Kier alpha value is -0.880. The van der Waals surface area contributed by atoms with Gasteiger partial charge in [0.2, 0.25) is 0 Å². The molecule has 0 bridgehead atoms. The van der Waals surface area contributed by atoms with Gasteiger partial charge in [0.05, 0.1) is 6.10 Å². The van der Waals surface area contributed by atoms with Crippen LogP contribution in [0, 0.1) is 0 Å². The predicted molar refractivity (Wildman–Crippen MR) is 77.9 cm³/mol. The minimum atomic E-state index is -0.964. The maximum Gasteiger partial charge on any atom is 0.185 e. The molecule has 0 aliphatic carbocycles. The molecule has 0 aliphatic rings. The Morgan fingerprint density at radius 1 is 1.42 bits per heavy atom. The first-order valence-electron chi connectivity index (χ1n) is 6.33. The van der Waals surface area contributed by atoms with Crippen LogP contribution < -0.4 is 5.32 Å². The zero-order valence-electron chi connectivity index (χ0n) is 11.3. The van der Waals surface area contributed by atoms with Gasteiger partial charge in [0, 0.05) is 19.2 Å². The highest BCUT2D eigenvalue weighted by Crippen LogP contribution is 2.21. The Bertz CT molecular complexity index is 411. The highest BCUT2D eigenvalue weighted by molar-refractivity contribution is 8.13. The van der Waals surface area contributed by atoms with Gasteiger partial charge in [-0.2, -0.15) is 0 Å². The van der Waals surface area contributed by atoms with E-state index in [2.05, 4.69) is 5.32 Å². The van der Waals surface area contributed by atoms with Crippen molar-refractivity contribution in [3.05, 3.63) is 35.4 Å². The number of nitrogens with one attached hydrogen (secondary N) is 1. The van der Waals surface area contributed by atoms with Crippen molar-refractivity contribution in [2.24, 2.45) is 0 Å². The van der Waals surface area contributed by atoms with Crippen molar-refractivity contribution in [1.29, 1.82) is 0 Å². The van der Waals surface area contributed by atoms with E-state index in [0.29, 0.717) is 5.56 Å². The van der Waals surface area contributed by atoms with Crippen molar-refractivity contribution in [1.82, 2.24) is 5.32 Å². The molecule has 1 aromatic carbocycles. The van der Waals surface area contributed by atoms with E-state index in [1.165, 1.54) is 6.92 Å². The lowest BCUT2D eigenvalue weighted by atomic mass is 10.0. The van der Waals surface area contributed by atoms with Gasteiger partial charge in [0.15, 0.2) is 5.12 Å². The van der Waals surface area contributed by atoms with Gasteiger partial charge in [0.25, 0.3) is 0 Å². The summed E-state index contributed by atoms with van der Waals surface area (Å²) in [7, 11) is 0. The molecule has 0 spiro atoms. The molecule has 2 unspecified atom stereocenters. The summed E-state index contributed by atoms with van der Waals surface area (Å²) in [6.07, 6.45) is -1.91. The maximum atomic E-state index is 10.8. The lowest BCUT2D eigenvalue weighted by molar-refractivity contribution is -0.109. The van der Waals surface area contributed by atoms with Gasteiger partial charge < -0.3 is 15.5 Å². The van der Waals surface area contributed by atoms with E-state index in [1.54, 1.807) is 6.07 Å². The van der Waals surface area contributed by atoms with E-state index in [-0.39, 0.29) is 10.9 Å². The van der Waals surface area contributed by atoms with Crippen LogP contribution in [0.1, 0.15) is 31.1 Å². The standard InChI is InChI=1S/C14H21NO3S/c1-3-15-8-11-5-4-6-12(7-11)14(18)13(17)9-19-10(2)16/h4-7,13-15,17-18H,3,8-9H2,1-2H3. The highest BCUT2D eigenvalue weighted by Gasteiger charge is 2.19. The molecule has 0 heterocycles. The molecule has 3 N–H and O–H groups in total. The van der Waals surface area contributed by atoms with Crippen molar-refractivity contribution in [3.63, 3.8) is 0 Å². The van der Waals surface area contributed by atoms with Crippen LogP contribution in [0.5, 0.6) is 0 Å². The lowest BCUT2D eigenvalue weighted by Crippen LogP contribution is -2.21. The van der Waals surface area contributed by atoms with Crippen LogP contribution in [0.25, 0.3) is 0 Å². The van der Waals surface area contributed by atoms with Crippen LogP contribution in [-0.4, -0.2) is 33.7 Å². The zero-order valence-corrected chi connectivity index (χ0v) is 12.1. The normalized spacial score (nSPS) is 14.1. The monoisotopic (exact) mass is 283 g/mol. The fraction of sp³-hybridized carbons (Fsp3) is 0.500. The zero-order chi connectivity index (χ0) is 14.3. The summed E-state index contributed by atoms with van der Waals surface area (Å²) in [5.41, 5.74) is 1.73. The number of carbonyl (C=O) groups is 1.